The van der Waals surface area contributed by atoms with Crippen molar-refractivity contribution in [2.75, 3.05) is 5.75 Å². The predicted molar refractivity (Wildman–Crippen MR) is 81.6 cm³/mol. The molecule has 0 bridgehead atoms. The van der Waals surface area contributed by atoms with Crippen molar-refractivity contribution in [2.24, 2.45) is 16.8 Å². The van der Waals surface area contributed by atoms with Crippen molar-refractivity contribution in [3.63, 3.8) is 0 Å². The number of amides is 1. The van der Waals surface area contributed by atoms with E-state index in [1.165, 1.54) is 6.92 Å². The predicted octanol–water partition coefficient (Wildman–Crippen LogP) is -2.67. The Morgan fingerprint density at radius 3 is 2.04 bits per heavy atom. The molecule has 1 amide bonds. The first kappa shape index (κ1) is 21.7. The number of hydrogen-bond donors (Lipinski definition) is 6. The average molecular weight is 355 g/mol. The van der Waals surface area contributed by atoms with Gasteiger partial charge in [0.1, 0.15) is 11.9 Å². The SMILES string of the molecule is CCC(O)C(O)C(CS(N)(=O)=O)(NC(=O)C(N)C(C)C)C(=O)O. The lowest BCUT2D eigenvalue weighted by Crippen LogP contribution is -2.70. The summed E-state index contributed by atoms with van der Waals surface area (Å²) >= 11 is 0. The van der Waals surface area contributed by atoms with Crippen LogP contribution in [0.25, 0.3) is 0 Å². The fourth-order valence-corrected chi connectivity index (χ4v) is 2.91. The number of carboxylic acids is 1. The summed E-state index contributed by atoms with van der Waals surface area (Å²) in [7, 11) is -4.41. The van der Waals surface area contributed by atoms with Gasteiger partial charge in [0.15, 0.2) is 5.54 Å². The lowest BCUT2D eigenvalue weighted by molar-refractivity contribution is -0.156. The number of carbonyl (C=O) groups is 2. The van der Waals surface area contributed by atoms with Crippen molar-refractivity contribution >= 4 is 21.9 Å². The molecule has 0 heterocycles. The van der Waals surface area contributed by atoms with E-state index < -0.39 is 51.4 Å². The number of carbonyl (C=O) groups excluding carboxylic acids is 1. The van der Waals surface area contributed by atoms with E-state index in [-0.39, 0.29) is 12.3 Å². The average Bonchev–Trinajstić information content (AvgIpc) is 2.41. The molecule has 0 aliphatic rings. The molecule has 10 nitrogen and oxygen atoms in total. The molecular formula is C12H25N3O7S. The van der Waals surface area contributed by atoms with E-state index in [1.54, 1.807) is 13.8 Å². The second kappa shape index (κ2) is 8.02. The molecule has 0 radical (unpaired) electrons. The van der Waals surface area contributed by atoms with Crippen molar-refractivity contribution in [1.29, 1.82) is 0 Å². The molecule has 4 unspecified atom stereocenters. The molecule has 4 atom stereocenters. The molecule has 136 valence electrons. The standard InChI is InChI=1S/C12H25N3O7S/c1-4-7(16)9(17)12(11(19)20,5-23(14,21)22)15-10(18)8(13)6(2)3/h6-9,16-17H,4-5,13H2,1-3H3,(H,15,18)(H,19,20)(H2,14,21,22). The van der Waals surface area contributed by atoms with E-state index in [9.17, 15) is 33.3 Å². The Hall–Kier alpha value is -1.27. The van der Waals surface area contributed by atoms with E-state index in [0.29, 0.717) is 0 Å². The number of rotatable bonds is 9. The maximum Gasteiger partial charge on any atom is 0.333 e. The molecule has 0 spiro atoms. The summed E-state index contributed by atoms with van der Waals surface area (Å²) in [5, 5.41) is 36.1. The molecule has 0 aromatic rings. The first-order chi connectivity index (χ1) is 10.3. The van der Waals surface area contributed by atoms with Gasteiger partial charge in [-0.3, -0.25) is 4.79 Å². The van der Waals surface area contributed by atoms with Gasteiger partial charge < -0.3 is 26.4 Å². The van der Waals surface area contributed by atoms with Crippen LogP contribution in [-0.4, -0.2) is 65.2 Å². The van der Waals surface area contributed by atoms with Gasteiger partial charge in [0.25, 0.3) is 0 Å². The highest BCUT2D eigenvalue weighted by molar-refractivity contribution is 7.89. The quantitative estimate of drug-likeness (QED) is 0.257. The number of aliphatic hydroxyl groups excluding tert-OH is 2. The fourth-order valence-electron chi connectivity index (χ4n) is 1.91. The van der Waals surface area contributed by atoms with Crippen molar-refractivity contribution < 1.29 is 33.3 Å². The van der Waals surface area contributed by atoms with Crippen LogP contribution in [0, 0.1) is 5.92 Å². The summed E-state index contributed by atoms with van der Waals surface area (Å²) in [6.45, 7) is 4.65. The molecule has 8 N–H and O–H groups in total. The first-order valence-electron chi connectivity index (χ1n) is 6.96. The largest absolute Gasteiger partial charge is 0.479 e. The van der Waals surface area contributed by atoms with Crippen LogP contribution in [-0.2, 0) is 19.6 Å². The minimum Gasteiger partial charge on any atom is -0.479 e. The van der Waals surface area contributed by atoms with Gasteiger partial charge in [-0.05, 0) is 12.3 Å². The number of aliphatic carboxylic acids is 1. The minimum absolute atomic E-state index is 0.0765. The van der Waals surface area contributed by atoms with Crippen molar-refractivity contribution in [3.05, 3.63) is 0 Å². The van der Waals surface area contributed by atoms with Crippen LogP contribution in [0.5, 0.6) is 0 Å². The number of sulfonamides is 1. The maximum atomic E-state index is 12.1. The topological polar surface area (TPSA) is 193 Å². The number of nitrogens with two attached hydrogens (primary N) is 2. The summed E-state index contributed by atoms with van der Waals surface area (Å²) in [5.74, 6) is -4.50. The Morgan fingerprint density at radius 2 is 1.74 bits per heavy atom. The van der Waals surface area contributed by atoms with E-state index in [1.807, 2.05) is 5.32 Å². The maximum absolute atomic E-state index is 12.1. The van der Waals surface area contributed by atoms with Crippen molar-refractivity contribution in [3.8, 4) is 0 Å². The molecule has 0 rings (SSSR count). The number of hydrogen-bond acceptors (Lipinski definition) is 7. The van der Waals surface area contributed by atoms with Gasteiger partial charge in [0.05, 0.1) is 12.1 Å². The van der Waals surface area contributed by atoms with Gasteiger partial charge in [0.2, 0.25) is 15.9 Å². The summed E-state index contributed by atoms with van der Waals surface area (Å²) in [5.41, 5.74) is 2.89. The fraction of sp³-hybridized carbons (Fsp3) is 0.833. The lowest BCUT2D eigenvalue weighted by atomic mass is 9.88. The molecule has 0 aromatic carbocycles. The Bertz CT molecular complexity index is 537. The van der Waals surface area contributed by atoms with E-state index in [2.05, 4.69) is 0 Å². The first-order valence-corrected chi connectivity index (χ1v) is 8.67. The van der Waals surface area contributed by atoms with Crippen molar-refractivity contribution in [1.82, 2.24) is 5.32 Å². The van der Waals surface area contributed by atoms with Gasteiger partial charge in [-0.15, -0.1) is 0 Å². The zero-order chi connectivity index (χ0) is 18.6. The van der Waals surface area contributed by atoms with Crippen LogP contribution >= 0.6 is 0 Å². The number of primary sulfonamides is 1. The van der Waals surface area contributed by atoms with Gasteiger partial charge >= 0.3 is 5.97 Å². The highest BCUT2D eigenvalue weighted by Crippen LogP contribution is 2.20. The van der Waals surface area contributed by atoms with Gasteiger partial charge in [0, 0.05) is 0 Å². The molecule has 0 saturated carbocycles. The third-order valence-corrected chi connectivity index (χ3v) is 4.32. The van der Waals surface area contributed by atoms with Crippen molar-refractivity contribution in [2.45, 2.75) is 51.0 Å². The molecular weight excluding hydrogens is 330 g/mol. The van der Waals surface area contributed by atoms with Gasteiger partial charge in [-0.2, -0.15) is 0 Å². The molecule has 0 aromatic heterocycles. The Kier molecular flexibility index (Phi) is 7.57. The highest BCUT2D eigenvalue weighted by atomic mass is 32.2. The Morgan fingerprint density at radius 1 is 1.26 bits per heavy atom. The normalized spacial score (nSPS) is 18.8. The number of nitrogens with one attached hydrogen (secondary N) is 1. The summed E-state index contributed by atoms with van der Waals surface area (Å²) in [6.07, 6.45) is -3.78. The summed E-state index contributed by atoms with van der Waals surface area (Å²) < 4.78 is 22.8. The van der Waals surface area contributed by atoms with Crippen LogP contribution in [0.15, 0.2) is 0 Å². The third-order valence-electron chi connectivity index (χ3n) is 3.47. The smallest absolute Gasteiger partial charge is 0.333 e. The Labute approximate surface area is 134 Å². The molecule has 23 heavy (non-hydrogen) atoms. The summed E-state index contributed by atoms with van der Waals surface area (Å²) in [6, 6.07) is -1.14. The second-order valence-corrected chi connectivity index (χ2v) is 7.38. The van der Waals surface area contributed by atoms with Crippen LogP contribution in [0.3, 0.4) is 0 Å². The van der Waals surface area contributed by atoms with Crippen LogP contribution in [0.2, 0.25) is 0 Å². The van der Waals surface area contributed by atoms with Gasteiger partial charge in [-0.1, -0.05) is 20.8 Å². The molecule has 0 aliphatic carbocycles. The van der Waals surface area contributed by atoms with E-state index >= 15 is 0 Å². The second-order valence-electron chi connectivity index (χ2n) is 5.76. The molecule has 0 fully saturated rings. The lowest BCUT2D eigenvalue weighted by Gasteiger charge is -2.37. The van der Waals surface area contributed by atoms with E-state index in [4.69, 9.17) is 10.9 Å². The molecule has 11 heteroatoms. The monoisotopic (exact) mass is 355 g/mol. The van der Waals surface area contributed by atoms with Crippen LogP contribution < -0.4 is 16.2 Å². The van der Waals surface area contributed by atoms with Crippen LogP contribution in [0.4, 0.5) is 0 Å². The Balaban J connectivity index is 5.93. The number of carboxylic acid groups (broad SMARTS) is 1. The van der Waals surface area contributed by atoms with Gasteiger partial charge in [-0.25, -0.2) is 18.4 Å². The highest BCUT2D eigenvalue weighted by Gasteiger charge is 2.52. The number of aliphatic hydroxyl groups is 2. The minimum atomic E-state index is -4.41. The molecule has 0 aliphatic heterocycles. The zero-order valence-electron chi connectivity index (χ0n) is 13.3. The van der Waals surface area contributed by atoms with E-state index in [0.717, 1.165) is 0 Å². The third kappa shape index (κ3) is 5.70. The molecule has 0 saturated heterocycles. The zero-order valence-corrected chi connectivity index (χ0v) is 14.1. The van der Waals surface area contributed by atoms with Crippen LogP contribution in [0.1, 0.15) is 27.2 Å². The summed E-state index contributed by atoms with van der Waals surface area (Å²) in [4.78, 5) is 23.7.